The first-order valence-corrected chi connectivity index (χ1v) is 14.3. The lowest BCUT2D eigenvalue weighted by atomic mass is 10.1. The van der Waals surface area contributed by atoms with Gasteiger partial charge in [0, 0.05) is 17.6 Å². The molecule has 0 saturated carbocycles. The summed E-state index contributed by atoms with van der Waals surface area (Å²) in [5, 5.41) is 14.3. The first-order valence-electron chi connectivity index (χ1n) is 13.9. The molecule has 234 valence electrons. The van der Waals surface area contributed by atoms with Crippen LogP contribution in [0.5, 0.6) is 11.5 Å². The molecule has 2 aromatic carbocycles. The summed E-state index contributed by atoms with van der Waals surface area (Å²) >= 11 is 6.01. The molecule has 0 radical (unpaired) electrons. The normalized spacial score (nSPS) is 14.3. The zero-order valence-electron chi connectivity index (χ0n) is 24.3. The molecule has 0 bridgehead atoms. The van der Waals surface area contributed by atoms with Crippen molar-refractivity contribution in [1.82, 2.24) is 5.32 Å². The minimum absolute atomic E-state index is 0.0387. The van der Waals surface area contributed by atoms with Crippen LogP contribution in [0.15, 0.2) is 42.5 Å². The zero-order valence-corrected chi connectivity index (χ0v) is 25.0. The van der Waals surface area contributed by atoms with E-state index in [1.165, 1.54) is 6.07 Å². The molecule has 43 heavy (non-hydrogen) atoms. The van der Waals surface area contributed by atoms with Gasteiger partial charge in [0.25, 0.3) is 0 Å². The monoisotopic (exact) mass is 621 g/mol. The lowest BCUT2D eigenvalue weighted by Gasteiger charge is -2.22. The van der Waals surface area contributed by atoms with E-state index in [0.29, 0.717) is 29.8 Å². The lowest BCUT2D eigenvalue weighted by Crippen LogP contribution is -2.56. The summed E-state index contributed by atoms with van der Waals surface area (Å²) in [7, 11) is 0. The SMILES string of the molecule is CCCOC(=O)COC(=O)C1(C(=O)OCC(=O)OCCC)Oc2ccc(CC(C)NCC(O)c3cccc(Cl)c3)cc2O1. The molecule has 0 aliphatic carbocycles. The molecule has 12 nitrogen and oxygen atoms in total. The molecular formula is C30H36ClNO11. The zero-order chi connectivity index (χ0) is 31.4. The average molecular weight is 622 g/mol. The molecule has 0 saturated heterocycles. The molecule has 0 aromatic heterocycles. The van der Waals surface area contributed by atoms with Gasteiger partial charge < -0.3 is 38.8 Å². The van der Waals surface area contributed by atoms with Crippen LogP contribution in [0.3, 0.4) is 0 Å². The van der Waals surface area contributed by atoms with Gasteiger partial charge in [0.2, 0.25) is 0 Å². The van der Waals surface area contributed by atoms with E-state index in [-0.39, 0.29) is 37.3 Å². The molecule has 2 atom stereocenters. The molecule has 2 unspecified atom stereocenters. The molecular weight excluding hydrogens is 586 g/mol. The van der Waals surface area contributed by atoms with Crippen molar-refractivity contribution < 1.29 is 52.7 Å². The quantitative estimate of drug-likeness (QED) is 0.161. The van der Waals surface area contributed by atoms with Crippen molar-refractivity contribution in [1.29, 1.82) is 0 Å². The van der Waals surface area contributed by atoms with E-state index < -0.39 is 49.0 Å². The highest BCUT2D eigenvalue weighted by molar-refractivity contribution is 6.30. The van der Waals surface area contributed by atoms with Gasteiger partial charge in [0.05, 0.1) is 19.3 Å². The van der Waals surface area contributed by atoms with Crippen LogP contribution in [-0.2, 0) is 44.5 Å². The fraction of sp³-hybridized carbons (Fsp3) is 0.467. The summed E-state index contributed by atoms with van der Waals surface area (Å²) in [4.78, 5) is 49.9. The summed E-state index contributed by atoms with van der Waals surface area (Å²) in [5.41, 5.74) is 1.44. The van der Waals surface area contributed by atoms with Crippen LogP contribution in [0, 0.1) is 0 Å². The Kier molecular flexibility index (Phi) is 12.6. The Labute approximate surface area is 254 Å². The Balaban J connectivity index is 1.68. The van der Waals surface area contributed by atoms with E-state index in [4.69, 9.17) is 40.0 Å². The minimum atomic E-state index is -2.76. The highest BCUT2D eigenvalue weighted by Crippen LogP contribution is 2.41. The van der Waals surface area contributed by atoms with Gasteiger partial charge >= 0.3 is 29.7 Å². The second kappa shape index (κ2) is 16.1. The van der Waals surface area contributed by atoms with Gasteiger partial charge in [0.15, 0.2) is 24.7 Å². The Morgan fingerprint density at radius 1 is 0.884 bits per heavy atom. The van der Waals surface area contributed by atoms with Gasteiger partial charge in [-0.15, -0.1) is 0 Å². The minimum Gasteiger partial charge on any atom is -0.463 e. The Morgan fingerprint density at radius 2 is 1.49 bits per heavy atom. The number of halogens is 1. The molecule has 1 heterocycles. The molecule has 3 rings (SSSR count). The van der Waals surface area contributed by atoms with Gasteiger partial charge in [-0.05, 0) is 61.6 Å². The molecule has 0 amide bonds. The number of benzene rings is 2. The fourth-order valence-electron chi connectivity index (χ4n) is 3.95. The maximum Gasteiger partial charge on any atom is 0.453 e. The third-order valence-corrected chi connectivity index (χ3v) is 6.30. The number of esters is 4. The van der Waals surface area contributed by atoms with Gasteiger partial charge in [0.1, 0.15) is 0 Å². The van der Waals surface area contributed by atoms with Crippen LogP contribution in [0.25, 0.3) is 0 Å². The van der Waals surface area contributed by atoms with Crippen LogP contribution in [-0.4, -0.2) is 73.8 Å². The number of rotatable bonds is 16. The topological polar surface area (TPSA) is 156 Å². The van der Waals surface area contributed by atoms with E-state index in [2.05, 4.69) is 5.32 Å². The van der Waals surface area contributed by atoms with E-state index >= 15 is 0 Å². The number of aliphatic hydroxyl groups excluding tert-OH is 1. The molecule has 2 N–H and O–H groups in total. The van der Waals surface area contributed by atoms with E-state index in [9.17, 15) is 24.3 Å². The molecule has 1 aliphatic rings. The number of hydrogen-bond acceptors (Lipinski definition) is 12. The van der Waals surface area contributed by atoms with Gasteiger partial charge in [-0.1, -0.05) is 43.6 Å². The number of hydrogen-bond donors (Lipinski definition) is 2. The summed E-state index contributed by atoms with van der Waals surface area (Å²) in [6.07, 6.45) is 0.830. The second-order valence-electron chi connectivity index (χ2n) is 9.78. The van der Waals surface area contributed by atoms with Crippen molar-refractivity contribution in [3.05, 3.63) is 58.6 Å². The number of aliphatic hydroxyl groups is 1. The maximum atomic E-state index is 13.1. The van der Waals surface area contributed by atoms with E-state index in [1.54, 1.807) is 50.2 Å². The second-order valence-corrected chi connectivity index (χ2v) is 10.2. The number of nitrogens with one attached hydrogen (secondary N) is 1. The number of fused-ring (bicyclic) bond motifs is 1. The van der Waals surface area contributed by atoms with E-state index in [0.717, 1.165) is 5.56 Å². The Hall–Kier alpha value is -3.87. The molecule has 0 spiro atoms. The summed E-state index contributed by atoms with van der Waals surface area (Å²) < 4.78 is 31.0. The van der Waals surface area contributed by atoms with Crippen molar-refractivity contribution in [2.24, 2.45) is 0 Å². The highest BCUT2D eigenvalue weighted by Gasteiger charge is 2.60. The van der Waals surface area contributed by atoms with Gasteiger partial charge in [-0.3, -0.25) is 0 Å². The number of ether oxygens (including phenoxy) is 6. The fourth-order valence-corrected chi connectivity index (χ4v) is 4.15. The van der Waals surface area contributed by atoms with Gasteiger partial charge in [-0.25, -0.2) is 19.2 Å². The molecule has 2 aromatic rings. The van der Waals surface area contributed by atoms with Crippen molar-refractivity contribution in [2.45, 2.75) is 58.0 Å². The summed E-state index contributed by atoms with van der Waals surface area (Å²) in [5.74, 6) is -7.08. The highest BCUT2D eigenvalue weighted by atomic mass is 35.5. The van der Waals surface area contributed by atoms with Crippen LogP contribution in [0.2, 0.25) is 5.02 Å². The first kappa shape index (κ1) is 33.6. The van der Waals surface area contributed by atoms with E-state index in [1.807, 2.05) is 6.92 Å². The number of carbonyl (C=O) groups is 4. The van der Waals surface area contributed by atoms with Crippen LogP contribution < -0.4 is 14.8 Å². The Bertz CT molecular complexity index is 1250. The van der Waals surface area contributed by atoms with Crippen molar-refractivity contribution in [3.8, 4) is 11.5 Å². The average Bonchev–Trinajstić information content (AvgIpc) is 3.39. The van der Waals surface area contributed by atoms with Crippen LogP contribution in [0.4, 0.5) is 0 Å². The smallest absolute Gasteiger partial charge is 0.453 e. The molecule has 1 aliphatic heterocycles. The predicted octanol–water partition coefficient (Wildman–Crippen LogP) is 3.05. The maximum absolute atomic E-state index is 13.1. The predicted molar refractivity (Wildman–Crippen MR) is 152 cm³/mol. The summed E-state index contributed by atoms with van der Waals surface area (Å²) in [6, 6.07) is 11.7. The third kappa shape index (κ3) is 9.57. The van der Waals surface area contributed by atoms with Gasteiger partial charge in [-0.2, -0.15) is 0 Å². The largest absolute Gasteiger partial charge is 0.463 e. The van der Waals surface area contributed by atoms with Crippen molar-refractivity contribution in [3.63, 3.8) is 0 Å². The molecule has 0 fully saturated rings. The molecule has 13 heteroatoms. The van der Waals surface area contributed by atoms with Crippen LogP contribution in [0.1, 0.15) is 50.8 Å². The van der Waals surface area contributed by atoms with Crippen molar-refractivity contribution >= 4 is 35.5 Å². The third-order valence-electron chi connectivity index (χ3n) is 6.06. The van der Waals surface area contributed by atoms with Crippen LogP contribution >= 0.6 is 11.6 Å². The van der Waals surface area contributed by atoms with Crippen molar-refractivity contribution in [2.75, 3.05) is 33.0 Å². The summed E-state index contributed by atoms with van der Waals surface area (Å²) in [6.45, 7) is 4.42. The first-order chi connectivity index (χ1) is 20.6. The lowest BCUT2D eigenvalue weighted by molar-refractivity contribution is -0.205. The number of carbonyl (C=O) groups excluding carboxylic acids is 4. The Morgan fingerprint density at radius 3 is 2.07 bits per heavy atom. The standard InChI is InChI=1S/C30H36ClNO11/c1-4-11-38-26(34)17-40-28(36)30(29(37)41-18-27(35)39-12-5-2)42-24-10-9-20(14-25(24)43-30)13-19(3)32-16-23(33)21-7-6-8-22(31)15-21/h6-10,14-15,19,23,32-33H,4-5,11-13,16-18H2,1-3H3.